The number of nitrogens with one attached hydrogen (secondary N) is 1. The fraction of sp³-hybridized carbons (Fsp3) is 0.444. The van der Waals surface area contributed by atoms with Crippen molar-refractivity contribution in [3.63, 3.8) is 0 Å². The molecule has 2 aromatic carbocycles. The molecule has 1 aromatic heterocycles. The third-order valence-corrected chi connectivity index (χ3v) is 7.24. The number of nitrogens with zero attached hydrogens (tertiary/aromatic N) is 5. The molecule has 4 heterocycles. The molecular weight excluding hydrogens is 424 g/mol. The molecule has 3 saturated heterocycles. The summed E-state index contributed by atoms with van der Waals surface area (Å²) in [6.45, 7) is 5.02. The van der Waals surface area contributed by atoms with Gasteiger partial charge in [-0.3, -0.25) is 19.3 Å². The van der Waals surface area contributed by atoms with Crippen molar-refractivity contribution in [3.05, 3.63) is 83.7 Å². The average molecular weight is 459 g/mol. The Labute approximate surface area is 201 Å². The smallest absolute Gasteiger partial charge is 0.224 e. The van der Waals surface area contributed by atoms with Crippen molar-refractivity contribution in [2.24, 2.45) is 11.8 Å². The number of hydrogen-bond acceptors (Lipinski definition) is 5. The maximum absolute atomic E-state index is 12.9. The van der Waals surface area contributed by atoms with E-state index in [1.807, 2.05) is 28.9 Å². The van der Waals surface area contributed by atoms with E-state index in [1.165, 1.54) is 5.56 Å². The van der Waals surface area contributed by atoms with Crippen molar-refractivity contribution in [1.82, 2.24) is 30.1 Å². The van der Waals surface area contributed by atoms with Crippen molar-refractivity contribution in [2.75, 3.05) is 20.1 Å². The summed E-state index contributed by atoms with van der Waals surface area (Å²) in [7, 11) is 2.11. The molecule has 2 bridgehead atoms. The molecule has 1 amide bonds. The number of carbonyl (C=O) groups excluding carboxylic acids is 1. The Balaban J connectivity index is 1.11. The van der Waals surface area contributed by atoms with Gasteiger partial charge in [0.1, 0.15) is 0 Å². The van der Waals surface area contributed by atoms with E-state index in [-0.39, 0.29) is 11.8 Å². The van der Waals surface area contributed by atoms with Crippen LogP contribution in [0.4, 0.5) is 0 Å². The highest BCUT2D eigenvalue weighted by atomic mass is 16.1. The van der Waals surface area contributed by atoms with Crippen LogP contribution in [-0.2, 0) is 31.0 Å². The van der Waals surface area contributed by atoms with Gasteiger partial charge in [-0.15, -0.1) is 5.10 Å². The zero-order valence-electron chi connectivity index (χ0n) is 19.9. The zero-order chi connectivity index (χ0) is 23.3. The second-order valence-corrected chi connectivity index (χ2v) is 9.83. The lowest BCUT2D eigenvalue weighted by molar-refractivity contribution is -0.133. The molecule has 3 aliphatic rings. The van der Waals surface area contributed by atoms with Crippen LogP contribution in [0.15, 0.2) is 66.9 Å². The van der Waals surface area contributed by atoms with Gasteiger partial charge in [0.2, 0.25) is 5.91 Å². The average Bonchev–Trinajstić information content (AvgIpc) is 3.30. The molecule has 7 nitrogen and oxygen atoms in total. The minimum absolute atomic E-state index is 0.0895. The molecule has 0 radical (unpaired) electrons. The van der Waals surface area contributed by atoms with E-state index in [9.17, 15) is 4.79 Å². The van der Waals surface area contributed by atoms with Gasteiger partial charge in [0.05, 0.1) is 18.2 Å². The van der Waals surface area contributed by atoms with Crippen LogP contribution in [0.2, 0.25) is 0 Å². The molecule has 1 unspecified atom stereocenters. The van der Waals surface area contributed by atoms with Crippen LogP contribution in [0.3, 0.4) is 0 Å². The summed E-state index contributed by atoms with van der Waals surface area (Å²) in [5.74, 6) is 0.735. The predicted molar refractivity (Wildman–Crippen MR) is 131 cm³/mol. The van der Waals surface area contributed by atoms with Gasteiger partial charge in [-0.2, -0.15) is 0 Å². The van der Waals surface area contributed by atoms with Gasteiger partial charge in [-0.05, 0) is 43.5 Å². The van der Waals surface area contributed by atoms with Crippen molar-refractivity contribution in [3.8, 4) is 0 Å². The van der Waals surface area contributed by atoms with E-state index >= 15 is 0 Å². The van der Waals surface area contributed by atoms with Crippen LogP contribution in [0.1, 0.15) is 29.7 Å². The lowest BCUT2D eigenvalue weighted by atomic mass is 9.75. The Morgan fingerprint density at radius 3 is 2.50 bits per heavy atom. The van der Waals surface area contributed by atoms with E-state index in [2.05, 4.69) is 75.1 Å². The van der Waals surface area contributed by atoms with Crippen LogP contribution in [0.25, 0.3) is 0 Å². The molecule has 6 rings (SSSR count). The van der Waals surface area contributed by atoms with E-state index in [0.29, 0.717) is 18.5 Å². The Morgan fingerprint density at radius 1 is 1.06 bits per heavy atom. The van der Waals surface area contributed by atoms with Crippen LogP contribution >= 0.6 is 0 Å². The van der Waals surface area contributed by atoms with Gasteiger partial charge >= 0.3 is 0 Å². The monoisotopic (exact) mass is 458 g/mol. The Bertz CT molecular complexity index is 1070. The third-order valence-electron chi connectivity index (χ3n) is 7.24. The van der Waals surface area contributed by atoms with Crippen molar-refractivity contribution in [1.29, 1.82) is 0 Å². The summed E-state index contributed by atoms with van der Waals surface area (Å²) < 4.78 is 1.99. The number of aromatic nitrogens is 3. The number of rotatable bonds is 9. The van der Waals surface area contributed by atoms with Crippen LogP contribution in [0, 0.1) is 11.8 Å². The molecule has 0 spiro atoms. The summed E-state index contributed by atoms with van der Waals surface area (Å²) in [6.07, 6.45) is 4.23. The van der Waals surface area contributed by atoms with E-state index < -0.39 is 0 Å². The van der Waals surface area contributed by atoms with Crippen molar-refractivity contribution < 1.29 is 4.79 Å². The van der Waals surface area contributed by atoms with Crippen molar-refractivity contribution in [2.45, 2.75) is 45.1 Å². The maximum atomic E-state index is 12.9. The van der Waals surface area contributed by atoms with Crippen LogP contribution < -0.4 is 5.32 Å². The van der Waals surface area contributed by atoms with Gasteiger partial charge in [-0.1, -0.05) is 65.9 Å². The number of amides is 1. The summed E-state index contributed by atoms with van der Waals surface area (Å²) in [4.78, 5) is 17.6. The number of fused-ring (bicyclic) bond motifs is 3. The van der Waals surface area contributed by atoms with Crippen LogP contribution in [0.5, 0.6) is 0 Å². The molecule has 3 aliphatic heterocycles. The van der Waals surface area contributed by atoms with Gasteiger partial charge in [0, 0.05) is 38.4 Å². The molecule has 178 valence electrons. The quantitative estimate of drug-likeness (QED) is 0.534. The van der Waals surface area contributed by atoms with E-state index in [0.717, 1.165) is 56.8 Å². The molecule has 1 N–H and O–H groups in total. The molecule has 4 atom stereocenters. The first-order valence-corrected chi connectivity index (χ1v) is 12.3. The summed E-state index contributed by atoms with van der Waals surface area (Å²) in [6, 6.07) is 21.0. The number of benzene rings is 2. The molecule has 34 heavy (non-hydrogen) atoms. The minimum atomic E-state index is 0.0895. The largest absolute Gasteiger partial charge is 0.352 e. The number of hydrogen-bond donors (Lipinski definition) is 1. The SMILES string of the molecule is CN(Cc1ccccc1)Cc1cn(C[C@H]2C[C@H]3CCN2C[C@@H]3C(=O)NCc2ccccc2)nn1. The zero-order valence-corrected chi connectivity index (χ0v) is 19.9. The first-order valence-electron chi connectivity index (χ1n) is 12.3. The van der Waals surface area contributed by atoms with E-state index in [4.69, 9.17) is 0 Å². The molecular formula is C27H34N6O. The fourth-order valence-electron chi connectivity index (χ4n) is 5.48. The Kier molecular flexibility index (Phi) is 7.02. The van der Waals surface area contributed by atoms with Crippen LogP contribution in [-0.4, -0.2) is 56.9 Å². The lowest BCUT2D eigenvalue weighted by Gasteiger charge is -2.49. The highest BCUT2D eigenvalue weighted by Gasteiger charge is 2.43. The van der Waals surface area contributed by atoms with E-state index in [1.54, 1.807) is 0 Å². The number of piperidine rings is 3. The molecule has 3 aromatic rings. The van der Waals surface area contributed by atoms with Gasteiger partial charge in [-0.25, -0.2) is 0 Å². The summed E-state index contributed by atoms with van der Waals surface area (Å²) >= 11 is 0. The third kappa shape index (κ3) is 5.54. The maximum Gasteiger partial charge on any atom is 0.224 e. The number of carbonyl (C=O) groups is 1. The van der Waals surface area contributed by atoms with Crippen molar-refractivity contribution >= 4 is 5.91 Å². The first kappa shape index (κ1) is 22.7. The summed E-state index contributed by atoms with van der Waals surface area (Å²) in [5, 5.41) is 12.0. The highest BCUT2D eigenvalue weighted by Crippen LogP contribution is 2.37. The topological polar surface area (TPSA) is 66.3 Å². The second-order valence-electron chi connectivity index (χ2n) is 9.83. The predicted octanol–water partition coefficient (Wildman–Crippen LogP) is 2.94. The van der Waals surface area contributed by atoms with Gasteiger partial charge in [0.15, 0.2) is 0 Å². The minimum Gasteiger partial charge on any atom is -0.352 e. The molecule has 0 saturated carbocycles. The standard InChI is InChI=1S/C27H34N6O/c1-31(16-22-10-6-3-7-11-22)17-24-18-33(30-29-24)19-25-14-23-12-13-32(25)20-26(23)27(34)28-15-21-8-4-2-5-9-21/h2-11,18,23,25-26H,12-17,19-20H2,1H3,(H,28,34)/t23-,25-,26+/m1/s1. The molecule has 3 fully saturated rings. The first-order chi connectivity index (χ1) is 16.6. The fourth-order valence-corrected chi connectivity index (χ4v) is 5.48. The van der Waals surface area contributed by atoms with Gasteiger partial charge < -0.3 is 5.32 Å². The highest BCUT2D eigenvalue weighted by molar-refractivity contribution is 5.79. The summed E-state index contributed by atoms with van der Waals surface area (Å²) in [5.41, 5.74) is 3.43. The second kappa shape index (κ2) is 10.5. The van der Waals surface area contributed by atoms with Gasteiger partial charge in [0.25, 0.3) is 0 Å². The Hall–Kier alpha value is -3.03. The molecule has 7 heteroatoms. The molecule has 0 aliphatic carbocycles. The normalized spacial score (nSPS) is 23.8. The lowest BCUT2D eigenvalue weighted by Crippen LogP contribution is -2.58. The Morgan fingerprint density at radius 2 is 1.79 bits per heavy atom.